The number of anilines is 1. The fourth-order valence-electron chi connectivity index (χ4n) is 3.35. The molecule has 0 aliphatic heterocycles. The van der Waals surface area contributed by atoms with Crippen LogP contribution in [0, 0.1) is 17.0 Å². The van der Waals surface area contributed by atoms with Gasteiger partial charge in [0.05, 0.1) is 17.2 Å². The zero-order valence-electron chi connectivity index (χ0n) is 18.0. The molecular formula is C22H21N7O4. The molecule has 0 bridgehead atoms. The van der Waals surface area contributed by atoms with Gasteiger partial charge in [0.2, 0.25) is 5.95 Å². The molecule has 4 rings (SSSR count). The number of benzene rings is 2. The number of aryl methyl sites for hydroxylation is 2. The number of aromatic amines is 1. The Morgan fingerprint density at radius 2 is 1.82 bits per heavy atom. The van der Waals surface area contributed by atoms with Gasteiger partial charge in [0.1, 0.15) is 0 Å². The fourth-order valence-corrected chi connectivity index (χ4v) is 3.35. The first-order chi connectivity index (χ1) is 15.7. The average molecular weight is 447 g/mol. The second-order valence-electron chi connectivity index (χ2n) is 7.53. The summed E-state index contributed by atoms with van der Waals surface area (Å²) < 4.78 is 2.92. The lowest BCUT2D eigenvalue weighted by Gasteiger charge is -2.14. The van der Waals surface area contributed by atoms with E-state index in [1.54, 1.807) is 16.7 Å². The number of fused-ring (bicyclic) bond motifs is 1. The predicted molar refractivity (Wildman–Crippen MR) is 125 cm³/mol. The third kappa shape index (κ3) is 4.24. The van der Waals surface area contributed by atoms with E-state index >= 15 is 0 Å². The summed E-state index contributed by atoms with van der Waals surface area (Å²) in [5.41, 5.74) is 8.28. The Morgan fingerprint density at radius 3 is 2.45 bits per heavy atom. The van der Waals surface area contributed by atoms with E-state index in [-0.39, 0.29) is 16.9 Å². The van der Waals surface area contributed by atoms with E-state index in [1.165, 1.54) is 23.7 Å². The molecule has 2 aromatic heterocycles. The van der Waals surface area contributed by atoms with Gasteiger partial charge in [-0.05, 0) is 30.2 Å². The standard InChI is InChI=1S/C22H21N7O4/c1-13-4-6-15(7-5-13)12-28-18-19(27(3)22(31)24-20(18)30)23-21(28)26-25-14(2)16-8-10-17(11-9-16)29(32)33/h4-11,25H,2,12H2,1,3H3,(H,23,26)(H,24,30,31). The Morgan fingerprint density at radius 1 is 1.15 bits per heavy atom. The molecule has 0 radical (unpaired) electrons. The molecule has 33 heavy (non-hydrogen) atoms. The van der Waals surface area contributed by atoms with Gasteiger partial charge in [0.25, 0.3) is 11.2 Å². The highest BCUT2D eigenvalue weighted by Crippen LogP contribution is 2.19. The number of imidazole rings is 1. The van der Waals surface area contributed by atoms with Gasteiger partial charge in [0.15, 0.2) is 11.2 Å². The molecule has 0 unspecified atom stereocenters. The molecule has 0 aliphatic rings. The van der Waals surface area contributed by atoms with Crippen molar-refractivity contribution in [3.8, 4) is 0 Å². The normalized spacial score (nSPS) is 10.8. The van der Waals surface area contributed by atoms with Crippen LogP contribution in [-0.2, 0) is 13.6 Å². The van der Waals surface area contributed by atoms with Crippen molar-refractivity contribution >= 4 is 28.5 Å². The first-order valence-corrected chi connectivity index (χ1v) is 9.95. The number of hydrazine groups is 1. The highest BCUT2D eigenvalue weighted by molar-refractivity contribution is 5.74. The molecule has 0 saturated heterocycles. The maximum atomic E-state index is 12.6. The van der Waals surface area contributed by atoms with Crippen molar-refractivity contribution < 1.29 is 4.92 Å². The topological polar surface area (TPSA) is 140 Å². The Hall–Kier alpha value is -4.67. The van der Waals surface area contributed by atoms with Crippen LogP contribution in [-0.4, -0.2) is 24.0 Å². The number of hydrogen-bond acceptors (Lipinski definition) is 7. The van der Waals surface area contributed by atoms with E-state index < -0.39 is 16.2 Å². The molecule has 0 atom stereocenters. The molecule has 2 aromatic carbocycles. The third-order valence-electron chi connectivity index (χ3n) is 5.22. The number of nitro benzene ring substituents is 1. The number of aromatic nitrogens is 4. The van der Waals surface area contributed by atoms with Crippen molar-refractivity contribution in [2.24, 2.45) is 7.05 Å². The number of nitro groups is 1. The minimum absolute atomic E-state index is 0.0282. The van der Waals surface area contributed by atoms with Gasteiger partial charge in [-0.15, -0.1) is 0 Å². The van der Waals surface area contributed by atoms with Crippen molar-refractivity contribution in [2.45, 2.75) is 13.5 Å². The molecular weight excluding hydrogens is 426 g/mol. The van der Waals surface area contributed by atoms with Gasteiger partial charge < -0.3 is 0 Å². The molecule has 11 nitrogen and oxygen atoms in total. The smallest absolute Gasteiger partial charge is 0.298 e. The average Bonchev–Trinajstić information content (AvgIpc) is 3.16. The van der Waals surface area contributed by atoms with E-state index in [0.717, 1.165) is 11.1 Å². The summed E-state index contributed by atoms with van der Waals surface area (Å²) in [6, 6.07) is 13.7. The summed E-state index contributed by atoms with van der Waals surface area (Å²) in [6.45, 7) is 6.25. The summed E-state index contributed by atoms with van der Waals surface area (Å²) in [4.78, 5) is 41.8. The van der Waals surface area contributed by atoms with Gasteiger partial charge in [-0.3, -0.25) is 39.9 Å². The molecule has 0 saturated carbocycles. The minimum atomic E-state index is -0.567. The molecule has 11 heteroatoms. The van der Waals surface area contributed by atoms with Crippen molar-refractivity contribution in [1.82, 2.24) is 24.5 Å². The van der Waals surface area contributed by atoms with Crippen molar-refractivity contribution in [2.75, 3.05) is 5.43 Å². The molecule has 0 amide bonds. The lowest BCUT2D eigenvalue weighted by Crippen LogP contribution is -2.29. The molecule has 2 heterocycles. The maximum absolute atomic E-state index is 12.6. The molecule has 0 aliphatic carbocycles. The second kappa shape index (κ2) is 8.46. The lowest BCUT2D eigenvalue weighted by atomic mass is 10.1. The molecule has 0 fully saturated rings. The number of hydrogen-bond donors (Lipinski definition) is 3. The summed E-state index contributed by atoms with van der Waals surface area (Å²) >= 11 is 0. The highest BCUT2D eigenvalue weighted by atomic mass is 16.6. The van der Waals surface area contributed by atoms with E-state index in [4.69, 9.17) is 0 Å². The molecule has 168 valence electrons. The summed E-state index contributed by atoms with van der Waals surface area (Å²) in [5, 5.41) is 10.9. The first-order valence-electron chi connectivity index (χ1n) is 9.95. The lowest BCUT2D eigenvalue weighted by molar-refractivity contribution is -0.384. The Kier molecular flexibility index (Phi) is 5.53. The minimum Gasteiger partial charge on any atom is -0.298 e. The quantitative estimate of drug-likeness (QED) is 0.292. The van der Waals surface area contributed by atoms with Crippen molar-refractivity contribution in [3.05, 3.63) is 103 Å². The zero-order chi connectivity index (χ0) is 23.7. The van der Waals surface area contributed by atoms with Crippen LogP contribution in [0.3, 0.4) is 0 Å². The number of nitrogens with zero attached hydrogens (tertiary/aromatic N) is 4. The second-order valence-corrected chi connectivity index (χ2v) is 7.53. The molecule has 4 aromatic rings. The van der Waals surface area contributed by atoms with Gasteiger partial charge >= 0.3 is 5.69 Å². The number of non-ortho nitro benzene ring substituents is 1. The van der Waals surface area contributed by atoms with Gasteiger partial charge in [-0.1, -0.05) is 36.4 Å². The van der Waals surface area contributed by atoms with Crippen LogP contribution in [0.1, 0.15) is 16.7 Å². The van der Waals surface area contributed by atoms with Crippen LogP contribution >= 0.6 is 0 Å². The van der Waals surface area contributed by atoms with Crippen molar-refractivity contribution in [1.29, 1.82) is 0 Å². The molecule has 3 N–H and O–H groups in total. The first kappa shape index (κ1) is 21.6. The van der Waals surface area contributed by atoms with Gasteiger partial charge in [-0.2, -0.15) is 4.98 Å². The van der Waals surface area contributed by atoms with E-state index in [9.17, 15) is 19.7 Å². The van der Waals surface area contributed by atoms with Crippen LogP contribution in [0.4, 0.5) is 11.6 Å². The summed E-state index contributed by atoms with van der Waals surface area (Å²) in [7, 11) is 1.52. The zero-order valence-corrected chi connectivity index (χ0v) is 18.0. The van der Waals surface area contributed by atoms with E-state index in [2.05, 4.69) is 27.4 Å². The number of H-pyrrole nitrogens is 1. The predicted octanol–water partition coefficient (Wildman–Crippen LogP) is 2.28. The largest absolute Gasteiger partial charge is 0.329 e. The van der Waals surface area contributed by atoms with E-state index in [1.807, 2.05) is 31.2 Å². The van der Waals surface area contributed by atoms with E-state index in [0.29, 0.717) is 23.8 Å². The van der Waals surface area contributed by atoms with Gasteiger partial charge in [-0.25, -0.2) is 4.79 Å². The number of rotatable bonds is 7. The summed E-state index contributed by atoms with van der Waals surface area (Å²) in [6.07, 6.45) is 0. The Bertz CT molecular complexity index is 1480. The third-order valence-corrected chi connectivity index (χ3v) is 5.22. The SMILES string of the molecule is C=C(NNc1nc2c(c(=O)[nH]c(=O)n2C)n1Cc1ccc(C)cc1)c1ccc([N+](=O)[O-])cc1. The maximum Gasteiger partial charge on any atom is 0.329 e. The Labute approximate surface area is 187 Å². The monoisotopic (exact) mass is 447 g/mol. The number of nitrogens with one attached hydrogen (secondary N) is 3. The summed E-state index contributed by atoms with van der Waals surface area (Å²) in [5.74, 6) is 0.292. The van der Waals surface area contributed by atoms with Crippen LogP contribution < -0.4 is 22.1 Å². The van der Waals surface area contributed by atoms with Crippen molar-refractivity contribution in [3.63, 3.8) is 0 Å². The van der Waals surface area contributed by atoms with Crippen LogP contribution in [0.2, 0.25) is 0 Å². The highest BCUT2D eigenvalue weighted by Gasteiger charge is 2.18. The van der Waals surface area contributed by atoms with Crippen LogP contribution in [0.15, 0.2) is 64.7 Å². The van der Waals surface area contributed by atoms with Crippen LogP contribution in [0.25, 0.3) is 16.9 Å². The fraction of sp³-hybridized carbons (Fsp3) is 0.136. The van der Waals surface area contributed by atoms with Crippen LogP contribution in [0.5, 0.6) is 0 Å². The Balaban J connectivity index is 1.69. The van der Waals surface area contributed by atoms with Gasteiger partial charge in [0, 0.05) is 19.2 Å². The molecule has 0 spiro atoms.